The highest BCUT2D eigenvalue weighted by atomic mass is 19.3. The molecule has 0 spiro atoms. The van der Waals surface area contributed by atoms with Crippen molar-refractivity contribution in [1.29, 1.82) is 0 Å². The van der Waals surface area contributed by atoms with Gasteiger partial charge in [-0.3, -0.25) is 0 Å². The molecule has 3 rings (SSSR count). The van der Waals surface area contributed by atoms with Crippen LogP contribution in [0.25, 0.3) is 0 Å². The summed E-state index contributed by atoms with van der Waals surface area (Å²) in [4.78, 5) is 0. The van der Waals surface area contributed by atoms with E-state index in [1.165, 1.54) is 0 Å². The highest BCUT2D eigenvalue weighted by Crippen LogP contribution is 2.49. The Morgan fingerprint density at radius 1 is 1.21 bits per heavy atom. The Balaban J connectivity index is 1.65. The average molecular weight is 267 g/mol. The standard InChI is InChI=1S/C15H19F2NO/c16-15(17,13-5-6-13)12-3-1-11(2-4-12)9-14-10-19-8-7-18-14/h1-4,13-14,18H,5-10H2. The summed E-state index contributed by atoms with van der Waals surface area (Å²) >= 11 is 0. The number of nitrogens with one attached hydrogen (secondary N) is 1. The van der Waals surface area contributed by atoms with Crippen molar-refractivity contribution in [2.75, 3.05) is 19.8 Å². The van der Waals surface area contributed by atoms with E-state index in [-0.39, 0.29) is 5.56 Å². The molecule has 1 unspecified atom stereocenters. The molecule has 1 aromatic carbocycles. The van der Waals surface area contributed by atoms with E-state index >= 15 is 0 Å². The number of hydrogen-bond donors (Lipinski definition) is 1. The molecule has 1 aliphatic carbocycles. The van der Waals surface area contributed by atoms with E-state index in [1.807, 2.05) is 12.1 Å². The molecule has 1 aliphatic heterocycles. The number of hydrogen-bond acceptors (Lipinski definition) is 2. The number of alkyl halides is 2. The first kappa shape index (κ1) is 13.0. The Kier molecular flexibility index (Phi) is 3.54. The SMILES string of the molecule is FC(F)(c1ccc(CC2COCCN2)cc1)C1CC1. The minimum atomic E-state index is -2.65. The second-order valence-corrected chi connectivity index (χ2v) is 5.52. The quantitative estimate of drug-likeness (QED) is 0.905. The van der Waals surface area contributed by atoms with Crippen molar-refractivity contribution in [3.05, 3.63) is 35.4 Å². The van der Waals surface area contributed by atoms with E-state index in [4.69, 9.17) is 4.74 Å². The van der Waals surface area contributed by atoms with Crippen LogP contribution < -0.4 is 5.32 Å². The van der Waals surface area contributed by atoms with Crippen molar-refractivity contribution in [2.45, 2.75) is 31.2 Å². The van der Waals surface area contributed by atoms with Gasteiger partial charge in [0.1, 0.15) is 0 Å². The van der Waals surface area contributed by atoms with E-state index in [1.54, 1.807) is 12.1 Å². The molecule has 0 amide bonds. The van der Waals surface area contributed by atoms with Gasteiger partial charge in [-0.1, -0.05) is 24.3 Å². The molecule has 4 heteroatoms. The van der Waals surface area contributed by atoms with Gasteiger partial charge in [-0.2, -0.15) is 0 Å². The first-order chi connectivity index (χ1) is 9.16. The highest BCUT2D eigenvalue weighted by molar-refractivity contribution is 5.28. The van der Waals surface area contributed by atoms with Crippen LogP contribution in [0.4, 0.5) is 8.78 Å². The molecule has 2 aliphatic rings. The normalized spacial score (nSPS) is 24.4. The lowest BCUT2D eigenvalue weighted by molar-refractivity contribution is -0.0285. The monoisotopic (exact) mass is 267 g/mol. The van der Waals surface area contributed by atoms with Gasteiger partial charge in [0.25, 0.3) is 5.92 Å². The molecule has 2 nitrogen and oxygen atoms in total. The summed E-state index contributed by atoms with van der Waals surface area (Å²) in [6.45, 7) is 2.31. The predicted octanol–water partition coefficient (Wildman–Crippen LogP) is 2.72. The Hall–Kier alpha value is -1.00. The molecular formula is C15H19F2NO. The smallest absolute Gasteiger partial charge is 0.276 e. The molecular weight excluding hydrogens is 248 g/mol. The molecule has 0 radical (unpaired) electrons. The van der Waals surface area contributed by atoms with Gasteiger partial charge in [-0.25, -0.2) is 8.78 Å². The van der Waals surface area contributed by atoms with Crippen molar-refractivity contribution >= 4 is 0 Å². The molecule has 0 bridgehead atoms. The zero-order valence-electron chi connectivity index (χ0n) is 10.9. The third kappa shape index (κ3) is 2.95. The van der Waals surface area contributed by atoms with Crippen LogP contribution in [0.5, 0.6) is 0 Å². The molecule has 1 atom stereocenters. The first-order valence-electron chi connectivity index (χ1n) is 6.94. The van der Waals surface area contributed by atoms with E-state index < -0.39 is 11.8 Å². The van der Waals surface area contributed by atoms with Crippen LogP contribution in [0.1, 0.15) is 24.0 Å². The Bertz CT molecular complexity index is 422. The van der Waals surface area contributed by atoms with Crippen LogP contribution in [0.2, 0.25) is 0 Å². The van der Waals surface area contributed by atoms with Crippen molar-refractivity contribution in [2.24, 2.45) is 5.92 Å². The van der Waals surface area contributed by atoms with E-state index in [0.717, 1.165) is 25.1 Å². The molecule has 104 valence electrons. The Morgan fingerprint density at radius 2 is 1.95 bits per heavy atom. The molecule has 2 fully saturated rings. The molecule has 1 saturated heterocycles. The Morgan fingerprint density at radius 3 is 2.53 bits per heavy atom. The zero-order valence-corrected chi connectivity index (χ0v) is 10.9. The van der Waals surface area contributed by atoms with Crippen LogP contribution >= 0.6 is 0 Å². The van der Waals surface area contributed by atoms with Gasteiger partial charge >= 0.3 is 0 Å². The van der Waals surface area contributed by atoms with Gasteiger partial charge in [-0.05, 0) is 24.8 Å². The number of halogens is 2. The lowest BCUT2D eigenvalue weighted by Gasteiger charge is -2.24. The maximum absolute atomic E-state index is 13.9. The summed E-state index contributed by atoms with van der Waals surface area (Å²) in [5, 5.41) is 3.37. The van der Waals surface area contributed by atoms with Gasteiger partial charge in [0.15, 0.2) is 0 Å². The largest absolute Gasteiger partial charge is 0.379 e. The van der Waals surface area contributed by atoms with Crippen molar-refractivity contribution in [3.63, 3.8) is 0 Å². The fraction of sp³-hybridized carbons (Fsp3) is 0.600. The highest BCUT2D eigenvalue weighted by Gasteiger charge is 2.47. The topological polar surface area (TPSA) is 21.3 Å². The summed E-state index contributed by atoms with van der Waals surface area (Å²) in [5.41, 5.74) is 1.24. The summed E-state index contributed by atoms with van der Waals surface area (Å²) in [6, 6.07) is 7.10. The molecule has 1 saturated carbocycles. The van der Waals surface area contributed by atoms with Gasteiger partial charge < -0.3 is 10.1 Å². The van der Waals surface area contributed by atoms with Gasteiger partial charge in [0, 0.05) is 24.1 Å². The van der Waals surface area contributed by atoms with Gasteiger partial charge in [0.2, 0.25) is 0 Å². The fourth-order valence-electron chi connectivity index (χ4n) is 2.58. The minimum Gasteiger partial charge on any atom is -0.379 e. The summed E-state index contributed by atoms with van der Waals surface area (Å²) < 4.78 is 33.2. The van der Waals surface area contributed by atoms with Crippen molar-refractivity contribution < 1.29 is 13.5 Å². The summed E-state index contributed by atoms with van der Waals surface area (Å²) in [7, 11) is 0. The van der Waals surface area contributed by atoms with Crippen LogP contribution in [-0.2, 0) is 17.1 Å². The molecule has 1 aromatic rings. The predicted molar refractivity (Wildman–Crippen MR) is 69.4 cm³/mol. The van der Waals surface area contributed by atoms with Crippen LogP contribution in [-0.4, -0.2) is 25.8 Å². The Labute approximate surface area is 112 Å². The molecule has 1 heterocycles. The first-order valence-corrected chi connectivity index (χ1v) is 6.94. The molecule has 0 aromatic heterocycles. The van der Waals surface area contributed by atoms with Crippen LogP contribution in [0, 0.1) is 5.92 Å². The number of ether oxygens (including phenoxy) is 1. The van der Waals surface area contributed by atoms with Crippen molar-refractivity contribution in [1.82, 2.24) is 5.32 Å². The zero-order chi connectivity index (χ0) is 13.3. The maximum Gasteiger partial charge on any atom is 0.276 e. The average Bonchev–Trinajstić information content (AvgIpc) is 3.25. The van der Waals surface area contributed by atoms with Crippen LogP contribution in [0.15, 0.2) is 24.3 Å². The summed E-state index contributed by atoms with van der Waals surface area (Å²) in [6.07, 6.45) is 2.13. The van der Waals surface area contributed by atoms with Gasteiger partial charge in [-0.15, -0.1) is 0 Å². The molecule has 19 heavy (non-hydrogen) atoms. The van der Waals surface area contributed by atoms with E-state index in [2.05, 4.69) is 5.32 Å². The van der Waals surface area contributed by atoms with E-state index in [0.29, 0.717) is 25.5 Å². The second kappa shape index (κ2) is 5.17. The summed E-state index contributed by atoms with van der Waals surface area (Å²) in [5.74, 6) is -3.09. The third-order valence-corrected chi connectivity index (χ3v) is 3.91. The second-order valence-electron chi connectivity index (χ2n) is 5.52. The lowest BCUT2D eigenvalue weighted by atomic mass is 9.99. The lowest BCUT2D eigenvalue weighted by Crippen LogP contribution is -2.42. The fourth-order valence-corrected chi connectivity index (χ4v) is 2.58. The number of benzene rings is 1. The third-order valence-electron chi connectivity index (χ3n) is 3.91. The van der Waals surface area contributed by atoms with Crippen molar-refractivity contribution in [3.8, 4) is 0 Å². The minimum absolute atomic E-state index is 0.159. The van der Waals surface area contributed by atoms with Crippen LogP contribution in [0.3, 0.4) is 0 Å². The maximum atomic E-state index is 13.9. The molecule has 1 N–H and O–H groups in total. The number of morpholine rings is 1. The van der Waals surface area contributed by atoms with E-state index in [9.17, 15) is 8.78 Å². The number of rotatable bonds is 4. The van der Waals surface area contributed by atoms with Gasteiger partial charge in [0.05, 0.1) is 13.2 Å².